The van der Waals surface area contributed by atoms with Gasteiger partial charge in [0.2, 0.25) is 5.91 Å². The lowest BCUT2D eigenvalue weighted by molar-refractivity contribution is -0.137. The third kappa shape index (κ3) is 4.43. The second kappa shape index (κ2) is 6.38. The van der Waals surface area contributed by atoms with Crippen LogP contribution in [0.2, 0.25) is 0 Å². The molecule has 15 heavy (non-hydrogen) atoms. The van der Waals surface area contributed by atoms with Crippen molar-refractivity contribution in [2.75, 3.05) is 25.6 Å². The van der Waals surface area contributed by atoms with Crippen LogP contribution in [0.4, 0.5) is 0 Å². The first-order valence-electron chi connectivity index (χ1n) is 5.38. The Morgan fingerprint density at radius 3 is 2.47 bits per heavy atom. The molecule has 0 radical (unpaired) electrons. The molecule has 0 aromatic carbocycles. The average Bonchev–Trinajstić information content (AvgIpc) is 2.15. The van der Waals surface area contributed by atoms with Crippen LogP contribution in [-0.2, 0) is 4.79 Å². The van der Waals surface area contributed by atoms with E-state index < -0.39 is 5.54 Å². The standard InChI is InChI=1S/C11H24N2OS/c1-7-12-11(3,4)10(14)13(5)9(2)8-15-6/h9,12H,7-8H2,1-6H3. The van der Waals surface area contributed by atoms with Gasteiger partial charge in [-0.1, -0.05) is 6.92 Å². The highest BCUT2D eigenvalue weighted by atomic mass is 32.2. The maximum absolute atomic E-state index is 12.1. The molecule has 0 spiro atoms. The zero-order valence-corrected chi connectivity index (χ0v) is 11.6. The largest absolute Gasteiger partial charge is 0.341 e. The van der Waals surface area contributed by atoms with E-state index in [0.717, 1.165) is 12.3 Å². The Morgan fingerprint density at radius 1 is 1.53 bits per heavy atom. The molecular formula is C11H24N2OS. The highest BCUT2D eigenvalue weighted by molar-refractivity contribution is 7.98. The summed E-state index contributed by atoms with van der Waals surface area (Å²) >= 11 is 1.77. The smallest absolute Gasteiger partial charge is 0.242 e. The molecule has 90 valence electrons. The SMILES string of the molecule is CCNC(C)(C)C(=O)N(C)C(C)CSC. The second-order valence-corrected chi connectivity index (χ2v) is 5.29. The molecule has 0 aromatic rings. The van der Waals surface area contributed by atoms with Gasteiger partial charge >= 0.3 is 0 Å². The summed E-state index contributed by atoms with van der Waals surface area (Å²) in [4.78, 5) is 14.0. The number of hydrogen-bond donors (Lipinski definition) is 1. The molecule has 1 unspecified atom stereocenters. The number of carbonyl (C=O) groups is 1. The highest BCUT2D eigenvalue weighted by Gasteiger charge is 2.30. The molecule has 0 heterocycles. The van der Waals surface area contributed by atoms with Gasteiger partial charge < -0.3 is 10.2 Å². The van der Waals surface area contributed by atoms with Gasteiger partial charge in [0.05, 0.1) is 5.54 Å². The molecule has 1 amide bonds. The van der Waals surface area contributed by atoms with Gasteiger partial charge in [-0.15, -0.1) is 0 Å². The van der Waals surface area contributed by atoms with E-state index in [1.54, 1.807) is 11.8 Å². The Bertz CT molecular complexity index is 207. The van der Waals surface area contributed by atoms with Crippen LogP contribution in [-0.4, -0.2) is 48.0 Å². The molecule has 1 N–H and O–H groups in total. The lowest BCUT2D eigenvalue weighted by Gasteiger charge is -2.33. The average molecular weight is 232 g/mol. The summed E-state index contributed by atoms with van der Waals surface area (Å²) in [6, 6.07) is 0.283. The van der Waals surface area contributed by atoms with Crippen molar-refractivity contribution in [1.82, 2.24) is 10.2 Å². The summed E-state index contributed by atoms with van der Waals surface area (Å²) in [5, 5.41) is 3.20. The van der Waals surface area contributed by atoms with E-state index in [0.29, 0.717) is 0 Å². The maximum atomic E-state index is 12.1. The molecule has 0 saturated heterocycles. The van der Waals surface area contributed by atoms with Crippen LogP contribution in [0.15, 0.2) is 0 Å². The fraction of sp³-hybridized carbons (Fsp3) is 0.909. The van der Waals surface area contributed by atoms with Gasteiger partial charge in [-0.05, 0) is 33.6 Å². The fourth-order valence-corrected chi connectivity index (χ4v) is 2.22. The quantitative estimate of drug-likeness (QED) is 0.755. The number of nitrogens with one attached hydrogen (secondary N) is 1. The summed E-state index contributed by atoms with van der Waals surface area (Å²) in [6.07, 6.45) is 2.06. The van der Waals surface area contributed by atoms with Crippen molar-refractivity contribution in [3.63, 3.8) is 0 Å². The zero-order valence-electron chi connectivity index (χ0n) is 10.8. The van der Waals surface area contributed by atoms with Crippen molar-refractivity contribution in [3.8, 4) is 0 Å². The van der Waals surface area contributed by atoms with E-state index in [1.807, 2.05) is 32.7 Å². The highest BCUT2D eigenvalue weighted by Crippen LogP contribution is 2.11. The Morgan fingerprint density at radius 2 is 2.07 bits per heavy atom. The Labute approximate surface area is 98.0 Å². The van der Waals surface area contributed by atoms with Crippen molar-refractivity contribution in [2.24, 2.45) is 0 Å². The molecule has 0 aliphatic heterocycles. The molecule has 0 aliphatic carbocycles. The van der Waals surface area contributed by atoms with Crippen molar-refractivity contribution < 1.29 is 4.79 Å². The minimum absolute atomic E-state index is 0.158. The summed E-state index contributed by atoms with van der Waals surface area (Å²) < 4.78 is 0. The van der Waals surface area contributed by atoms with Crippen molar-refractivity contribution in [2.45, 2.75) is 39.3 Å². The number of thioether (sulfide) groups is 1. The van der Waals surface area contributed by atoms with Gasteiger partial charge in [0, 0.05) is 18.8 Å². The van der Waals surface area contributed by atoms with Gasteiger partial charge in [-0.2, -0.15) is 11.8 Å². The molecule has 0 bridgehead atoms. The topological polar surface area (TPSA) is 32.3 Å². The van der Waals surface area contributed by atoms with Crippen LogP contribution in [0.3, 0.4) is 0 Å². The Kier molecular flexibility index (Phi) is 6.29. The van der Waals surface area contributed by atoms with Crippen molar-refractivity contribution in [3.05, 3.63) is 0 Å². The molecule has 4 heteroatoms. The second-order valence-electron chi connectivity index (χ2n) is 4.38. The summed E-state index contributed by atoms with van der Waals surface area (Å²) in [7, 11) is 1.88. The lowest BCUT2D eigenvalue weighted by atomic mass is 10.0. The number of likely N-dealkylation sites (N-methyl/N-ethyl adjacent to an activating group) is 2. The maximum Gasteiger partial charge on any atom is 0.242 e. The van der Waals surface area contributed by atoms with Crippen LogP contribution in [0, 0.1) is 0 Å². The van der Waals surface area contributed by atoms with E-state index in [-0.39, 0.29) is 11.9 Å². The van der Waals surface area contributed by atoms with Crippen LogP contribution >= 0.6 is 11.8 Å². The Balaban J connectivity index is 4.42. The molecule has 0 aromatic heterocycles. The van der Waals surface area contributed by atoms with Gasteiger partial charge in [-0.3, -0.25) is 4.79 Å². The molecule has 0 saturated carbocycles. The summed E-state index contributed by atoms with van der Waals surface area (Å²) in [5.41, 5.74) is -0.462. The number of rotatable bonds is 6. The summed E-state index contributed by atoms with van der Waals surface area (Å²) in [6.45, 7) is 8.77. The van der Waals surface area contributed by atoms with Gasteiger partial charge in [0.1, 0.15) is 0 Å². The Hall–Kier alpha value is -0.220. The van der Waals surface area contributed by atoms with Crippen molar-refractivity contribution >= 4 is 17.7 Å². The first-order valence-corrected chi connectivity index (χ1v) is 6.77. The van der Waals surface area contributed by atoms with E-state index >= 15 is 0 Å². The predicted molar refractivity (Wildman–Crippen MR) is 68.4 cm³/mol. The molecule has 1 atom stereocenters. The minimum Gasteiger partial charge on any atom is -0.341 e. The number of hydrogen-bond acceptors (Lipinski definition) is 3. The van der Waals surface area contributed by atoms with Crippen LogP contribution in [0.5, 0.6) is 0 Å². The predicted octanol–water partition coefficient (Wildman–Crippen LogP) is 1.58. The van der Waals surface area contributed by atoms with Gasteiger partial charge in [0.15, 0.2) is 0 Å². The van der Waals surface area contributed by atoms with Crippen LogP contribution in [0.25, 0.3) is 0 Å². The first kappa shape index (κ1) is 14.8. The molecule has 0 aliphatic rings. The van der Waals surface area contributed by atoms with E-state index in [4.69, 9.17) is 0 Å². The lowest BCUT2D eigenvalue weighted by Crippen LogP contribution is -2.55. The zero-order chi connectivity index (χ0) is 12.1. The third-order valence-electron chi connectivity index (χ3n) is 2.54. The number of carbonyl (C=O) groups excluding carboxylic acids is 1. The molecule has 0 fully saturated rings. The number of nitrogens with zero attached hydrogens (tertiary/aromatic N) is 1. The van der Waals surface area contributed by atoms with Crippen LogP contribution in [0.1, 0.15) is 27.7 Å². The molecular weight excluding hydrogens is 208 g/mol. The number of amides is 1. The molecule has 0 rings (SSSR count). The minimum atomic E-state index is -0.462. The first-order chi connectivity index (χ1) is 6.86. The van der Waals surface area contributed by atoms with Gasteiger partial charge in [-0.25, -0.2) is 0 Å². The van der Waals surface area contributed by atoms with E-state index in [9.17, 15) is 4.79 Å². The monoisotopic (exact) mass is 232 g/mol. The fourth-order valence-electron chi connectivity index (χ4n) is 1.51. The summed E-state index contributed by atoms with van der Waals surface area (Å²) in [5.74, 6) is 1.13. The van der Waals surface area contributed by atoms with Crippen LogP contribution < -0.4 is 5.32 Å². The normalized spacial score (nSPS) is 13.7. The van der Waals surface area contributed by atoms with E-state index in [1.165, 1.54) is 0 Å². The van der Waals surface area contributed by atoms with E-state index in [2.05, 4.69) is 18.5 Å². The molecule has 3 nitrogen and oxygen atoms in total. The van der Waals surface area contributed by atoms with Gasteiger partial charge in [0.25, 0.3) is 0 Å². The third-order valence-corrected chi connectivity index (χ3v) is 3.36. The van der Waals surface area contributed by atoms with Crippen molar-refractivity contribution in [1.29, 1.82) is 0 Å².